The SMILES string of the molecule is CCC/C=C/CC/C=C/CC/C=C/C(O)C(CO)NC(=O)CC/C=C\C/C=C\CCCCCCCC. The van der Waals surface area contributed by atoms with E-state index in [1.807, 2.05) is 12.2 Å². The lowest BCUT2D eigenvalue weighted by Crippen LogP contribution is -2.45. The number of aliphatic hydroxyl groups excluding tert-OH is 2. The molecule has 0 radical (unpaired) electrons. The van der Waals surface area contributed by atoms with Gasteiger partial charge < -0.3 is 15.5 Å². The summed E-state index contributed by atoms with van der Waals surface area (Å²) in [7, 11) is 0. The molecule has 0 aliphatic carbocycles. The van der Waals surface area contributed by atoms with Gasteiger partial charge in [-0.05, 0) is 57.8 Å². The van der Waals surface area contributed by atoms with Crippen LogP contribution in [0, 0.1) is 0 Å². The van der Waals surface area contributed by atoms with E-state index in [0.29, 0.717) is 12.8 Å². The van der Waals surface area contributed by atoms with Crippen molar-refractivity contribution in [3.63, 3.8) is 0 Å². The van der Waals surface area contributed by atoms with E-state index in [1.54, 1.807) is 6.08 Å². The number of amides is 1. The van der Waals surface area contributed by atoms with Crippen molar-refractivity contribution < 1.29 is 15.0 Å². The third-order valence-corrected chi connectivity index (χ3v) is 5.95. The van der Waals surface area contributed by atoms with Crippen LogP contribution in [0.1, 0.15) is 117 Å². The Morgan fingerprint density at radius 3 is 1.86 bits per heavy atom. The summed E-state index contributed by atoms with van der Waals surface area (Å²) in [4.78, 5) is 12.2. The molecular formula is C32H55NO3. The largest absolute Gasteiger partial charge is 0.394 e. The third-order valence-electron chi connectivity index (χ3n) is 5.95. The van der Waals surface area contributed by atoms with Gasteiger partial charge in [-0.3, -0.25) is 4.79 Å². The number of carbonyl (C=O) groups excluding carboxylic acids is 1. The van der Waals surface area contributed by atoms with Gasteiger partial charge in [0, 0.05) is 6.42 Å². The topological polar surface area (TPSA) is 69.6 Å². The molecule has 4 heteroatoms. The number of hydrogen-bond acceptors (Lipinski definition) is 3. The second-order valence-electron chi connectivity index (χ2n) is 9.44. The summed E-state index contributed by atoms with van der Waals surface area (Å²) in [6, 6.07) is -0.673. The van der Waals surface area contributed by atoms with Crippen LogP contribution in [0.3, 0.4) is 0 Å². The van der Waals surface area contributed by atoms with Gasteiger partial charge in [0.2, 0.25) is 5.91 Å². The van der Waals surface area contributed by atoms with Crippen molar-refractivity contribution in [2.45, 2.75) is 129 Å². The van der Waals surface area contributed by atoms with Gasteiger partial charge in [0.15, 0.2) is 0 Å². The van der Waals surface area contributed by atoms with Crippen molar-refractivity contribution in [2.24, 2.45) is 0 Å². The molecule has 3 N–H and O–H groups in total. The first-order chi connectivity index (χ1) is 17.7. The molecule has 206 valence electrons. The Hall–Kier alpha value is -1.91. The number of aliphatic hydroxyl groups is 2. The quantitative estimate of drug-likeness (QED) is 0.0930. The van der Waals surface area contributed by atoms with Crippen LogP contribution in [0.4, 0.5) is 0 Å². The molecular weight excluding hydrogens is 446 g/mol. The molecule has 0 spiro atoms. The van der Waals surface area contributed by atoms with Gasteiger partial charge in [-0.15, -0.1) is 0 Å². The number of rotatable bonds is 24. The molecule has 0 bridgehead atoms. The van der Waals surface area contributed by atoms with E-state index in [4.69, 9.17) is 0 Å². The molecule has 0 aliphatic rings. The van der Waals surface area contributed by atoms with E-state index in [0.717, 1.165) is 44.9 Å². The normalized spacial score (nSPS) is 14.2. The summed E-state index contributed by atoms with van der Waals surface area (Å²) in [6.07, 6.45) is 37.3. The maximum absolute atomic E-state index is 12.2. The monoisotopic (exact) mass is 501 g/mol. The van der Waals surface area contributed by atoms with E-state index in [2.05, 4.69) is 61.7 Å². The maximum atomic E-state index is 12.2. The minimum absolute atomic E-state index is 0.152. The Balaban J connectivity index is 3.91. The van der Waals surface area contributed by atoms with Crippen LogP contribution in [-0.4, -0.2) is 34.9 Å². The fraction of sp³-hybridized carbons (Fsp3) is 0.656. The first-order valence-corrected chi connectivity index (χ1v) is 14.5. The minimum Gasteiger partial charge on any atom is -0.394 e. The van der Waals surface area contributed by atoms with E-state index in [-0.39, 0.29) is 12.5 Å². The van der Waals surface area contributed by atoms with E-state index in [1.165, 1.54) is 44.9 Å². The summed E-state index contributed by atoms with van der Waals surface area (Å²) in [5.41, 5.74) is 0. The minimum atomic E-state index is -0.890. The highest BCUT2D eigenvalue weighted by Crippen LogP contribution is 2.07. The number of nitrogens with one attached hydrogen (secondary N) is 1. The van der Waals surface area contributed by atoms with Crippen LogP contribution in [0.25, 0.3) is 0 Å². The second-order valence-corrected chi connectivity index (χ2v) is 9.44. The molecule has 0 fully saturated rings. The van der Waals surface area contributed by atoms with Crippen molar-refractivity contribution in [3.8, 4) is 0 Å². The summed E-state index contributed by atoms with van der Waals surface area (Å²) in [5, 5.41) is 22.6. The van der Waals surface area contributed by atoms with Crippen LogP contribution in [0.15, 0.2) is 60.8 Å². The van der Waals surface area contributed by atoms with E-state index >= 15 is 0 Å². The van der Waals surface area contributed by atoms with Gasteiger partial charge in [-0.25, -0.2) is 0 Å². The highest BCUT2D eigenvalue weighted by Gasteiger charge is 2.17. The van der Waals surface area contributed by atoms with Crippen LogP contribution in [-0.2, 0) is 4.79 Å². The molecule has 2 unspecified atom stereocenters. The van der Waals surface area contributed by atoms with Gasteiger partial charge in [0.25, 0.3) is 0 Å². The first kappa shape index (κ1) is 34.1. The smallest absolute Gasteiger partial charge is 0.220 e. The standard InChI is InChI=1S/C32H55NO3/c1-3-5-7-9-11-13-15-16-18-20-22-24-26-28-32(36)33-30(29-34)31(35)27-25-23-21-19-17-14-12-10-8-6-4-2/h8,10,16-19,22,24-25,27,30-31,34-35H,3-7,9,11-15,20-21,23,26,28-29H2,1-2H3,(H,33,36)/b10-8+,18-16-,19-17+,24-22-,27-25+. The average molecular weight is 502 g/mol. The predicted octanol–water partition coefficient (Wildman–Crippen LogP) is 7.89. The summed E-state index contributed by atoms with van der Waals surface area (Å²) in [6.45, 7) is 4.14. The van der Waals surface area contributed by atoms with E-state index in [9.17, 15) is 15.0 Å². The van der Waals surface area contributed by atoms with Crippen LogP contribution in [0.2, 0.25) is 0 Å². The molecule has 36 heavy (non-hydrogen) atoms. The molecule has 0 saturated carbocycles. The fourth-order valence-corrected chi connectivity index (χ4v) is 3.67. The lowest BCUT2D eigenvalue weighted by molar-refractivity contribution is -0.122. The highest BCUT2D eigenvalue weighted by atomic mass is 16.3. The molecule has 0 aliphatic heterocycles. The molecule has 0 aromatic rings. The van der Waals surface area contributed by atoms with Crippen molar-refractivity contribution in [1.29, 1.82) is 0 Å². The molecule has 0 saturated heterocycles. The number of unbranched alkanes of at least 4 members (excludes halogenated alkanes) is 9. The molecule has 0 aromatic heterocycles. The second kappa shape index (κ2) is 27.7. The van der Waals surface area contributed by atoms with Crippen molar-refractivity contribution in [3.05, 3.63) is 60.8 Å². The van der Waals surface area contributed by atoms with Gasteiger partial charge in [-0.2, -0.15) is 0 Å². The van der Waals surface area contributed by atoms with Crippen LogP contribution < -0.4 is 5.32 Å². The Morgan fingerprint density at radius 1 is 0.667 bits per heavy atom. The predicted molar refractivity (Wildman–Crippen MR) is 156 cm³/mol. The zero-order valence-corrected chi connectivity index (χ0v) is 23.3. The number of hydrogen-bond donors (Lipinski definition) is 3. The Kier molecular flexibility index (Phi) is 26.2. The Labute approximate surface area is 222 Å². The fourth-order valence-electron chi connectivity index (χ4n) is 3.67. The van der Waals surface area contributed by atoms with Gasteiger partial charge >= 0.3 is 0 Å². The number of carbonyl (C=O) groups is 1. The zero-order valence-electron chi connectivity index (χ0n) is 23.3. The molecule has 4 nitrogen and oxygen atoms in total. The van der Waals surface area contributed by atoms with E-state index < -0.39 is 12.1 Å². The highest BCUT2D eigenvalue weighted by molar-refractivity contribution is 5.76. The van der Waals surface area contributed by atoms with Crippen molar-refractivity contribution in [2.75, 3.05) is 6.61 Å². The Morgan fingerprint density at radius 2 is 1.22 bits per heavy atom. The maximum Gasteiger partial charge on any atom is 0.220 e. The van der Waals surface area contributed by atoms with Crippen LogP contribution >= 0.6 is 0 Å². The third kappa shape index (κ3) is 23.8. The number of allylic oxidation sites excluding steroid dienone is 9. The van der Waals surface area contributed by atoms with Gasteiger partial charge in [-0.1, -0.05) is 113 Å². The molecule has 0 heterocycles. The molecule has 0 rings (SSSR count). The summed E-state index contributed by atoms with van der Waals surface area (Å²) < 4.78 is 0. The molecule has 1 amide bonds. The van der Waals surface area contributed by atoms with Gasteiger partial charge in [0.05, 0.1) is 18.8 Å². The van der Waals surface area contributed by atoms with Crippen molar-refractivity contribution >= 4 is 5.91 Å². The first-order valence-electron chi connectivity index (χ1n) is 14.5. The molecule has 0 aromatic carbocycles. The van der Waals surface area contributed by atoms with Gasteiger partial charge in [0.1, 0.15) is 0 Å². The molecule has 2 atom stereocenters. The summed E-state index contributed by atoms with van der Waals surface area (Å²) >= 11 is 0. The summed E-state index contributed by atoms with van der Waals surface area (Å²) in [5.74, 6) is -0.152. The zero-order chi connectivity index (χ0) is 26.5. The lowest BCUT2D eigenvalue weighted by atomic mass is 10.1. The van der Waals surface area contributed by atoms with Crippen molar-refractivity contribution in [1.82, 2.24) is 5.32 Å². The van der Waals surface area contributed by atoms with Crippen LogP contribution in [0.5, 0.6) is 0 Å². The lowest BCUT2D eigenvalue weighted by Gasteiger charge is -2.19. The Bertz CT molecular complexity index is 633. The average Bonchev–Trinajstić information content (AvgIpc) is 2.88.